The lowest BCUT2D eigenvalue weighted by molar-refractivity contribution is -0.131. The molecular weight excluding hydrogens is 228 g/mol. The summed E-state index contributed by atoms with van der Waals surface area (Å²) in [5.74, 6) is 1.08. The highest BCUT2D eigenvalue weighted by Gasteiger charge is 2.30. The third kappa shape index (κ3) is 3.45. The van der Waals surface area contributed by atoms with E-state index in [1.165, 1.54) is 0 Å². The molecule has 0 aromatic carbocycles. The van der Waals surface area contributed by atoms with Crippen molar-refractivity contribution in [2.75, 3.05) is 13.1 Å². The molecule has 1 amide bonds. The molecule has 2 fully saturated rings. The van der Waals surface area contributed by atoms with Gasteiger partial charge in [0.1, 0.15) is 0 Å². The fourth-order valence-electron chi connectivity index (χ4n) is 3.18. The smallest absolute Gasteiger partial charge is 0.222 e. The summed E-state index contributed by atoms with van der Waals surface area (Å²) in [6.07, 6.45) is 5.65. The Morgan fingerprint density at radius 2 is 2.00 bits per heavy atom. The van der Waals surface area contributed by atoms with Crippen molar-refractivity contribution < 1.29 is 9.90 Å². The summed E-state index contributed by atoms with van der Waals surface area (Å²) >= 11 is 0. The largest absolute Gasteiger partial charge is 0.393 e. The average molecular weight is 254 g/mol. The van der Waals surface area contributed by atoms with Crippen LogP contribution in [0.15, 0.2) is 0 Å². The van der Waals surface area contributed by atoms with Gasteiger partial charge >= 0.3 is 0 Å². The van der Waals surface area contributed by atoms with Gasteiger partial charge in [-0.15, -0.1) is 0 Å². The van der Waals surface area contributed by atoms with Gasteiger partial charge in [0, 0.05) is 31.5 Å². The van der Waals surface area contributed by atoms with E-state index in [4.69, 9.17) is 5.73 Å². The van der Waals surface area contributed by atoms with Gasteiger partial charge in [0.25, 0.3) is 0 Å². The third-order valence-corrected chi connectivity index (χ3v) is 4.61. The Hall–Kier alpha value is -0.610. The second-order valence-electron chi connectivity index (χ2n) is 6.11. The SMILES string of the molecule is CC(O)C1CCN(C(=O)CC2CCC(N)CC2)C1. The Labute approximate surface area is 110 Å². The van der Waals surface area contributed by atoms with Gasteiger partial charge in [0.15, 0.2) is 0 Å². The van der Waals surface area contributed by atoms with E-state index in [1.54, 1.807) is 0 Å². The molecular formula is C14H26N2O2. The van der Waals surface area contributed by atoms with Gasteiger partial charge in [0.05, 0.1) is 6.10 Å². The summed E-state index contributed by atoms with van der Waals surface area (Å²) in [6, 6.07) is 0.350. The van der Waals surface area contributed by atoms with Crippen molar-refractivity contribution in [3.05, 3.63) is 0 Å². The monoisotopic (exact) mass is 254 g/mol. The summed E-state index contributed by atoms with van der Waals surface area (Å²) < 4.78 is 0. The van der Waals surface area contributed by atoms with Crippen LogP contribution >= 0.6 is 0 Å². The van der Waals surface area contributed by atoms with Gasteiger partial charge in [-0.2, -0.15) is 0 Å². The first kappa shape index (κ1) is 13.8. The number of carbonyl (C=O) groups is 1. The first-order chi connectivity index (χ1) is 8.56. The fraction of sp³-hybridized carbons (Fsp3) is 0.929. The molecule has 2 unspecified atom stereocenters. The van der Waals surface area contributed by atoms with Crippen LogP contribution in [0.5, 0.6) is 0 Å². The first-order valence-electron chi connectivity index (χ1n) is 7.27. The highest BCUT2D eigenvalue weighted by atomic mass is 16.3. The van der Waals surface area contributed by atoms with Crippen molar-refractivity contribution in [1.29, 1.82) is 0 Å². The second-order valence-corrected chi connectivity index (χ2v) is 6.11. The van der Waals surface area contributed by atoms with Crippen LogP contribution in [0.3, 0.4) is 0 Å². The van der Waals surface area contributed by atoms with Crippen LogP contribution in [0.2, 0.25) is 0 Å². The maximum absolute atomic E-state index is 12.2. The summed E-state index contributed by atoms with van der Waals surface area (Å²) in [6.45, 7) is 3.38. The number of nitrogens with two attached hydrogens (primary N) is 1. The zero-order valence-electron chi connectivity index (χ0n) is 11.3. The van der Waals surface area contributed by atoms with E-state index >= 15 is 0 Å². The minimum Gasteiger partial charge on any atom is -0.393 e. The molecule has 0 aromatic rings. The first-order valence-corrected chi connectivity index (χ1v) is 7.27. The van der Waals surface area contributed by atoms with E-state index < -0.39 is 0 Å². The van der Waals surface area contributed by atoms with Crippen molar-refractivity contribution in [2.24, 2.45) is 17.6 Å². The number of nitrogens with zero attached hydrogens (tertiary/aromatic N) is 1. The maximum Gasteiger partial charge on any atom is 0.222 e. The van der Waals surface area contributed by atoms with Crippen LogP contribution in [0.25, 0.3) is 0 Å². The molecule has 1 aliphatic heterocycles. The Kier molecular flexibility index (Phi) is 4.62. The van der Waals surface area contributed by atoms with Crippen LogP contribution in [0.1, 0.15) is 45.4 Å². The zero-order valence-corrected chi connectivity index (χ0v) is 11.3. The van der Waals surface area contributed by atoms with Gasteiger partial charge in [0.2, 0.25) is 5.91 Å². The minimum atomic E-state index is -0.296. The van der Waals surface area contributed by atoms with Crippen LogP contribution in [-0.4, -0.2) is 41.1 Å². The number of amides is 1. The van der Waals surface area contributed by atoms with Gasteiger partial charge in [-0.05, 0) is 44.9 Å². The van der Waals surface area contributed by atoms with Crippen LogP contribution < -0.4 is 5.73 Å². The Balaban J connectivity index is 1.75. The van der Waals surface area contributed by atoms with E-state index in [9.17, 15) is 9.90 Å². The van der Waals surface area contributed by atoms with Crippen molar-refractivity contribution in [1.82, 2.24) is 4.90 Å². The minimum absolute atomic E-state index is 0.272. The van der Waals surface area contributed by atoms with Crippen LogP contribution in [0, 0.1) is 11.8 Å². The summed E-state index contributed by atoms with van der Waals surface area (Å²) in [5.41, 5.74) is 5.88. The molecule has 0 spiro atoms. The van der Waals surface area contributed by atoms with E-state index in [0.29, 0.717) is 18.4 Å². The molecule has 2 atom stereocenters. The molecule has 2 aliphatic rings. The van der Waals surface area contributed by atoms with Crippen molar-refractivity contribution in [3.8, 4) is 0 Å². The predicted molar refractivity (Wildman–Crippen MR) is 70.9 cm³/mol. The summed E-state index contributed by atoms with van der Waals surface area (Å²) in [5, 5.41) is 9.55. The lowest BCUT2D eigenvalue weighted by atomic mass is 9.84. The van der Waals surface area contributed by atoms with E-state index in [1.807, 2.05) is 11.8 Å². The highest BCUT2D eigenvalue weighted by molar-refractivity contribution is 5.76. The average Bonchev–Trinajstić information content (AvgIpc) is 2.81. The van der Waals surface area contributed by atoms with Gasteiger partial charge in [-0.3, -0.25) is 4.79 Å². The Bertz CT molecular complexity index is 286. The number of rotatable bonds is 3. The van der Waals surface area contributed by atoms with Gasteiger partial charge < -0.3 is 15.7 Å². The fourth-order valence-corrected chi connectivity index (χ4v) is 3.18. The molecule has 0 aromatic heterocycles. The molecule has 0 radical (unpaired) electrons. The maximum atomic E-state index is 12.2. The van der Waals surface area contributed by atoms with E-state index in [0.717, 1.165) is 45.2 Å². The predicted octanol–water partition coefficient (Wildman–Crippen LogP) is 1.12. The third-order valence-electron chi connectivity index (χ3n) is 4.61. The number of hydrogen-bond acceptors (Lipinski definition) is 3. The van der Waals surface area contributed by atoms with E-state index in [-0.39, 0.29) is 17.9 Å². The molecule has 2 rings (SSSR count). The van der Waals surface area contributed by atoms with E-state index in [2.05, 4.69) is 0 Å². The molecule has 1 saturated heterocycles. The zero-order chi connectivity index (χ0) is 13.1. The Morgan fingerprint density at radius 1 is 1.33 bits per heavy atom. The van der Waals surface area contributed by atoms with Crippen molar-refractivity contribution in [2.45, 2.75) is 57.6 Å². The summed E-state index contributed by atoms with van der Waals surface area (Å²) in [7, 11) is 0. The van der Waals surface area contributed by atoms with Crippen molar-refractivity contribution >= 4 is 5.91 Å². The quantitative estimate of drug-likeness (QED) is 0.793. The van der Waals surface area contributed by atoms with Gasteiger partial charge in [-0.25, -0.2) is 0 Å². The Morgan fingerprint density at radius 3 is 2.56 bits per heavy atom. The molecule has 4 nitrogen and oxygen atoms in total. The molecule has 1 aliphatic carbocycles. The molecule has 1 saturated carbocycles. The topological polar surface area (TPSA) is 66.6 Å². The second kappa shape index (κ2) is 6.02. The standard InChI is InChI=1S/C14H26N2O2/c1-10(17)12-6-7-16(9-12)14(18)8-11-2-4-13(15)5-3-11/h10-13,17H,2-9,15H2,1H3. The highest BCUT2D eigenvalue weighted by Crippen LogP contribution is 2.28. The van der Waals surface area contributed by atoms with Gasteiger partial charge in [-0.1, -0.05) is 0 Å². The molecule has 1 heterocycles. The number of aliphatic hydroxyl groups is 1. The summed E-state index contributed by atoms with van der Waals surface area (Å²) in [4.78, 5) is 14.1. The van der Waals surface area contributed by atoms with Crippen LogP contribution in [-0.2, 0) is 4.79 Å². The number of aliphatic hydroxyl groups excluding tert-OH is 1. The number of likely N-dealkylation sites (tertiary alicyclic amines) is 1. The lowest BCUT2D eigenvalue weighted by Crippen LogP contribution is -2.33. The molecule has 3 N–H and O–H groups in total. The molecule has 104 valence electrons. The number of hydrogen-bond donors (Lipinski definition) is 2. The van der Waals surface area contributed by atoms with Crippen LogP contribution in [0.4, 0.5) is 0 Å². The molecule has 4 heteroatoms. The van der Waals surface area contributed by atoms with Crippen molar-refractivity contribution in [3.63, 3.8) is 0 Å². The molecule has 0 bridgehead atoms. The normalized spacial score (nSPS) is 34.6. The molecule has 18 heavy (non-hydrogen) atoms. The number of carbonyl (C=O) groups excluding carboxylic acids is 1. The lowest BCUT2D eigenvalue weighted by Gasteiger charge is -2.27.